The molecule has 5 rings (SSSR count). The molecule has 1 saturated carbocycles. The van der Waals surface area contributed by atoms with E-state index in [1.165, 1.54) is 11.9 Å². The van der Waals surface area contributed by atoms with E-state index in [0.29, 0.717) is 32.7 Å². The minimum Gasteiger partial charge on any atom is -0.371 e. The number of aryl methyl sites for hydroxylation is 1. The van der Waals surface area contributed by atoms with Crippen LogP contribution in [0.2, 0.25) is 0 Å². The first-order valence-corrected chi connectivity index (χ1v) is 12.3. The van der Waals surface area contributed by atoms with Crippen molar-refractivity contribution in [1.82, 2.24) is 25.0 Å². The summed E-state index contributed by atoms with van der Waals surface area (Å²) >= 11 is 0. The van der Waals surface area contributed by atoms with E-state index in [-0.39, 0.29) is 35.3 Å². The lowest BCUT2D eigenvalue weighted by Crippen LogP contribution is -2.52. The lowest BCUT2D eigenvalue weighted by molar-refractivity contribution is -0.134. The zero-order valence-corrected chi connectivity index (χ0v) is 19.6. The number of carbonyl (C=O) groups is 2. The molecule has 2 aliphatic carbocycles. The zero-order valence-electron chi connectivity index (χ0n) is 19.6. The highest BCUT2D eigenvalue weighted by Crippen LogP contribution is 2.52. The van der Waals surface area contributed by atoms with E-state index in [2.05, 4.69) is 40.2 Å². The number of ether oxygens (including phenoxy) is 1. The van der Waals surface area contributed by atoms with Crippen LogP contribution in [0.25, 0.3) is 0 Å². The van der Waals surface area contributed by atoms with Crippen LogP contribution in [0, 0.1) is 5.92 Å². The summed E-state index contributed by atoms with van der Waals surface area (Å²) in [6, 6.07) is 8.23. The number of piperidine rings is 1. The Morgan fingerprint density at radius 2 is 2.03 bits per heavy atom. The molecule has 34 heavy (non-hydrogen) atoms. The minimum atomic E-state index is -0.224. The number of amides is 2. The quantitative estimate of drug-likeness (QED) is 0.578. The highest BCUT2D eigenvalue weighted by atomic mass is 16.5. The Morgan fingerprint density at radius 1 is 1.24 bits per heavy atom. The van der Waals surface area contributed by atoms with E-state index in [1.807, 2.05) is 11.0 Å². The van der Waals surface area contributed by atoms with Gasteiger partial charge < -0.3 is 15.0 Å². The van der Waals surface area contributed by atoms with Crippen molar-refractivity contribution in [3.8, 4) is 0 Å². The van der Waals surface area contributed by atoms with Crippen molar-refractivity contribution in [2.75, 3.05) is 19.7 Å². The minimum absolute atomic E-state index is 0.129. The molecule has 2 amide bonds. The fourth-order valence-corrected chi connectivity index (χ4v) is 5.66. The molecule has 0 unspecified atom stereocenters. The molecule has 2 atom stereocenters. The topological polar surface area (TPSA) is 89.4 Å². The number of hydrogen-bond acceptors (Lipinski definition) is 5. The van der Waals surface area contributed by atoms with E-state index in [0.717, 1.165) is 37.7 Å². The number of rotatable bonds is 9. The van der Waals surface area contributed by atoms with Crippen LogP contribution in [0.1, 0.15) is 55.7 Å². The summed E-state index contributed by atoms with van der Waals surface area (Å²) < 4.78 is 8.15. The van der Waals surface area contributed by atoms with Crippen LogP contribution in [0.15, 0.2) is 49.6 Å². The summed E-state index contributed by atoms with van der Waals surface area (Å²) in [5.74, 6) is 0.452. The van der Waals surface area contributed by atoms with Gasteiger partial charge in [-0.25, -0.2) is 4.98 Å². The third-order valence-electron chi connectivity index (χ3n) is 7.57. The first kappa shape index (κ1) is 22.8. The van der Waals surface area contributed by atoms with Crippen LogP contribution in [-0.4, -0.2) is 57.3 Å². The van der Waals surface area contributed by atoms with Crippen molar-refractivity contribution in [2.45, 2.75) is 62.6 Å². The predicted molar refractivity (Wildman–Crippen MR) is 127 cm³/mol. The Kier molecular flexibility index (Phi) is 6.50. The van der Waals surface area contributed by atoms with Gasteiger partial charge in [-0.1, -0.05) is 30.3 Å². The molecule has 8 heteroatoms. The zero-order chi connectivity index (χ0) is 23.5. The second kappa shape index (κ2) is 9.70. The summed E-state index contributed by atoms with van der Waals surface area (Å²) in [6.45, 7) is 6.33. The average Bonchev–Trinajstić information content (AvgIpc) is 3.54. The fraction of sp³-hybridized carbons (Fsp3) is 0.538. The van der Waals surface area contributed by atoms with Crippen LogP contribution in [0.4, 0.5) is 0 Å². The fourth-order valence-electron chi connectivity index (χ4n) is 5.66. The van der Waals surface area contributed by atoms with Gasteiger partial charge in [0.15, 0.2) is 0 Å². The molecule has 180 valence electrons. The van der Waals surface area contributed by atoms with Gasteiger partial charge in [-0.05, 0) is 43.2 Å². The highest BCUT2D eigenvalue weighted by molar-refractivity contribution is 5.81. The Hall–Kier alpha value is -3.00. The molecule has 3 aliphatic rings. The third kappa shape index (κ3) is 4.39. The second-order valence-corrected chi connectivity index (χ2v) is 9.69. The van der Waals surface area contributed by atoms with Gasteiger partial charge in [0.2, 0.25) is 11.8 Å². The molecule has 1 spiro atoms. The third-order valence-corrected chi connectivity index (χ3v) is 7.57. The molecule has 2 heterocycles. The maximum atomic E-state index is 12.9. The van der Waals surface area contributed by atoms with Crippen molar-refractivity contribution in [1.29, 1.82) is 0 Å². The molecule has 1 aliphatic heterocycles. The smallest absolute Gasteiger partial charge is 0.223 e. The highest BCUT2D eigenvalue weighted by Gasteiger charge is 2.55. The molecule has 2 aromatic rings. The van der Waals surface area contributed by atoms with Crippen molar-refractivity contribution in [2.24, 2.45) is 5.92 Å². The number of hydrogen-bond donors (Lipinski definition) is 1. The molecule has 0 bridgehead atoms. The molecule has 0 radical (unpaired) electrons. The predicted octanol–water partition coefficient (Wildman–Crippen LogP) is 2.77. The molecule has 1 aromatic carbocycles. The summed E-state index contributed by atoms with van der Waals surface area (Å²) in [6.07, 6.45) is 9.60. The maximum Gasteiger partial charge on any atom is 0.223 e. The second-order valence-electron chi connectivity index (χ2n) is 9.69. The number of nitrogens with one attached hydrogen (secondary N) is 1. The van der Waals surface area contributed by atoms with Crippen molar-refractivity contribution >= 4 is 11.8 Å². The van der Waals surface area contributed by atoms with Gasteiger partial charge in [0.25, 0.3) is 0 Å². The van der Waals surface area contributed by atoms with Crippen molar-refractivity contribution < 1.29 is 14.3 Å². The number of nitrogens with zero attached hydrogens (tertiary/aromatic N) is 4. The van der Waals surface area contributed by atoms with E-state index in [1.54, 1.807) is 17.1 Å². The summed E-state index contributed by atoms with van der Waals surface area (Å²) in [5.41, 5.74) is 2.18. The summed E-state index contributed by atoms with van der Waals surface area (Å²) in [7, 11) is 0. The Morgan fingerprint density at radius 3 is 2.74 bits per heavy atom. The average molecular weight is 464 g/mol. The standard InChI is InChI=1S/C26H33N5O3/c1-2-16-34-24-23(29-25(33)19-9-10-19)20-6-3-4-7-21(20)26(24)11-14-30(15-12-26)22(32)8-5-13-31-18-27-17-28-31/h2-4,6-7,17-19,23-24H,1,5,8-16H2,(H,29,33)/t23-,24+/m0/s1. The van der Waals surface area contributed by atoms with Gasteiger partial charge in [-0.15, -0.1) is 6.58 Å². The van der Waals surface area contributed by atoms with Crippen molar-refractivity contribution in [3.63, 3.8) is 0 Å². The van der Waals surface area contributed by atoms with Crippen LogP contribution < -0.4 is 5.32 Å². The largest absolute Gasteiger partial charge is 0.371 e. The molecule has 2 fully saturated rings. The van der Waals surface area contributed by atoms with Gasteiger partial charge in [0.1, 0.15) is 12.7 Å². The number of carbonyl (C=O) groups excluding carboxylic acids is 2. The monoisotopic (exact) mass is 463 g/mol. The molecule has 1 saturated heterocycles. The molecule has 8 nitrogen and oxygen atoms in total. The lowest BCUT2D eigenvalue weighted by Gasteiger charge is -2.44. The normalized spacial score (nSPS) is 23.0. The summed E-state index contributed by atoms with van der Waals surface area (Å²) in [4.78, 5) is 31.6. The number of fused-ring (bicyclic) bond motifs is 2. The van der Waals surface area contributed by atoms with Crippen LogP contribution >= 0.6 is 0 Å². The maximum absolute atomic E-state index is 12.9. The SMILES string of the molecule is C=CCO[C@@H]1[C@@H](NC(=O)C2CC2)c2ccccc2C12CCN(C(=O)CCCn1cncn1)CC2. The molecular weight excluding hydrogens is 430 g/mol. The Balaban J connectivity index is 1.30. The van der Waals surface area contributed by atoms with Gasteiger partial charge in [0.05, 0.1) is 18.8 Å². The molecular formula is C26H33N5O3. The van der Waals surface area contributed by atoms with Crippen LogP contribution in [0.5, 0.6) is 0 Å². The first-order valence-electron chi connectivity index (χ1n) is 12.3. The molecule has 1 aromatic heterocycles. The van der Waals surface area contributed by atoms with E-state index >= 15 is 0 Å². The summed E-state index contributed by atoms with van der Waals surface area (Å²) in [5, 5.41) is 7.41. The number of benzene rings is 1. The lowest BCUT2D eigenvalue weighted by atomic mass is 9.71. The first-order chi connectivity index (χ1) is 16.6. The van der Waals surface area contributed by atoms with E-state index in [9.17, 15) is 9.59 Å². The van der Waals surface area contributed by atoms with Crippen LogP contribution in [-0.2, 0) is 26.3 Å². The van der Waals surface area contributed by atoms with E-state index < -0.39 is 0 Å². The van der Waals surface area contributed by atoms with Crippen LogP contribution in [0.3, 0.4) is 0 Å². The van der Waals surface area contributed by atoms with Gasteiger partial charge >= 0.3 is 0 Å². The van der Waals surface area contributed by atoms with Gasteiger partial charge in [-0.3, -0.25) is 14.3 Å². The van der Waals surface area contributed by atoms with Gasteiger partial charge in [0, 0.05) is 37.4 Å². The number of likely N-dealkylation sites (tertiary alicyclic amines) is 1. The Labute approximate surface area is 200 Å². The number of aromatic nitrogens is 3. The molecule has 1 N–H and O–H groups in total. The Bertz CT molecular complexity index is 1020. The van der Waals surface area contributed by atoms with E-state index in [4.69, 9.17) is 4.74 Å². The van der Waals surface area contributed by atoms with Gasteiger partial charge in [-0.2, -0.15) is 5.10 Å². The van der Waals surface area contributed by atoms with Crippen molar-refractivity contribution in [3.05, 3.63) is 60.7 Å².